The molecule has 0 spiro atoms. The Kier molecular flexibility index (Phi) is 3.91. The average molecular weight is 319 g/mol. The first-order chi connectivity index (χ1) is 11.8. The number of fused-ring (bicyclic) bond motifs is 1. The van der Waals surface area contributed by atoms with Crippen LogP contribution in [-0.4, -0.2) is 16.0 Å². The number of benzene rings is 2. The van der Waals surface area contributed by atoms with Crippen molar-refractivity contribution in [2.45, 2.75) is 31.7 Å². The molecule has 1 fully saturated rings. The lowest BCUT2D eigenvalue weighted by atomic mass is 10.1. The molecule has 5 nitrogen and oxygen atoms in total. The number of nitrogens with one attached hydrogen (secondary N) is 2. The van der Waals surface area contributed by atoms with Crippen LogP contribution in [0.5, 0.6) is 0 Å². The average Bonchev–Trinajstić information content (AvgIpc) is 3.12. The number of nitrogens with two attached hydrogens (primary N) is 1. The maximum absolute atomic E-state index is 6.30. The molecule has 4 rings (SSSR count). The Bertz CT molecular complexity index is 850. The minimum Gasteiger partial charge on any atom is -0.393 e. The number of anilines is 4. The first kappa shape index (κ1) is 14.8. The number of hydrogen-bond donors (Lipinski definition) is 3. The smallest absolute Gasteiger partial charge is 0.159 e. The van der Waals surface area contributed by atoms with E-state index in [2.05, 4.69) is 38.8 Å². The summed E-state index contributed by atoms with van der Waals surface area (Å²) in [6.45, 7) is 0. The lowest BCUT2D eigenvalue weighted by Crippen LogP contribution is -2.17. The van der Waals surface area contributed by atoms with E-state index in [9.17, 15) is 0 Å². The van der Waals surface area contributed by atoms with E-state index in [1.807, 2.05) is 24.3 Å². The maximum atomic E-state index is 6.30. The van der Waals surface area contributed by atoms with Crippen molar-refractivity contribution in [1.82, 2.24) is 9.97 Å². The lowest BCUT2D eigenvalue weighted by molar-refractivity contribution is 0.750. The summed E-state index contributed by atoms with van der Waals surface area (Å²) in [5.74, 6) is 1.36. The predicted octanol–water partition coefficient (Wildman–Crippen LogP) is 4.31. The Morgan fingerprint density at radius 3 is 2.54 bits per heavy atom. The molecule has 5 heteroatoms. The summed E-state index contributed by atoms with van der Waals surface area (Å²) in [6.07, 6.45) is 6.44. The van der Waals surface area contributed by atoms with Gasteiger partial charge in [0.05, 0.1) is 0 Å². The Labute approximate surface area is 141 Å². The molecular formula is C19H21N5. The SMILES string of the molecule is Nc1c(Nc2cccc3ccccc23)ncnc1NC1CCCC1. The molecule has 2 aromatic carbocycles. The van der Waals surface area contributed by atoms with Gasteiger partial charge >= 0.3 is 0 Å². The third-order valence-electron chi connectivity index (χ3n) is 4.62. The summed E-state index contributed by atoms with van der Waals surface area (Å²) in [5, 5.41) is 9.14. The Balaban J connectivity index is 1.64. The molecule has 24 heavy (non-hydrogen) atoms. The molecule has 0 radical (unpaired) electrons. The van der Waals surface area contributed by atoms with Crippen molar-refractivity contribution < 1.29 is 0 Å². The first-order valence-corrected chi connectivity index (χ1v) is 8.43. The molecule has 1 heterocycles. The van der Waals surface area contributed by atoms with Gasteiger partial charge in [0.1, 0.15) is 12.0 Å². The van der Waals surface area contributed by atoms with Gasteiger partial charge in [0.2, 0.25) is 0 Å². The first-order valence-electron chi connectivity index (χ1n) is 8.43. The molecule has 0 bridgehead atoms. The van der Waals surface area contributed by atoms with E-state index in [0.717, 1.165) is 16.9 Å². The third kappa shape index (κ3) is 2.85. The highest BCUT2D eigenvalue weighted by atomic mass is 15.1. The molecule has 0 amide bonds. The lowest BCUT2D eigenvalue weighted by Gasteiger charge is -2.16. The van der Waals surface area contributed by atoms with Gasteiger partial charge in [0.25, 0.3) is 0 Å². The van der Waals surface area contributed by atoms with Gasteiger partial charge in [-0.05, 0) is 24.3 Å². The van der Waals surface area contributed by atoms with Crippen molar-refractivity contribution in [2.24, 2.45) is 0 Å². The monoisotopic (exact) mass is 319 g/mol. The third-order valence-corrected chi connectivity index (χ3v) is 4.62. The molecule has 3 aromatic rings. The zero-order valence-electron chi connectivity index (χ0n) is 13.5. The van der Waals surface area contributed by atoms with Crippen LogP contribution in [0.3, 0.4) is 0 Å². The standard InChI is InChI=1S/C19H21N5/c20-17-18(23-14-8-2-3-9-14)21-12-22-19(17)24-16-11-5-7-13-6-1-4-10-15(13)16/h1,4-7,10-12,14H,2-3,8-9,20H2,(H2,21,22,23,24). The van der Waals surface area contributed by atoms with Crippen molar-refractivity contribution in [3.05, 3.63) is 48.8 Å². The topological polar surface area (TPSA) is 75.9 Å². The molecule has 1 aliphatic carbocycles. The molecule has 0 aliphatic heterocycles. The number of nitrogen functional groups attached to an aromatic ring is 1. The fraction of sp³-hybridized carbons (Fsp3) is 0.263. The van der Waals surface area contributed by atoms with Crippen LogP contribution >= 0.6 is 0 Å². The van der Waals surface area contributed by atoms with E-state index in [1.54, 1.807) is 6.33 Å². The molecular weight excluding hydrogens is 298 g/mol. The van der Waals surface area contributed by atoms with E-state index < -0.39 is 0 Å². The zero-order valence-corrected chi connectivity index (χ0v) is 13.5. The maximum Gasteiger partial charge on any atom is 0.159 e. The summed E-state index contributed by atoms with van der Waals surface area (Å²) in [5.41, 5.74) is 7.86. The molecule has 1 saturated carbocycles. The van der Waals surface area contributed by atoms with Crippen molar-refractivity contribution in [2.75, 3.05) is 16.4 Å². The second-order valence-electron chi connectivity index (χ2n) is 6.26. The van der Waals surface area contributed by atoms with Crippen LogP contribution in [0.4, 0.5) is 23.0 Å². The Morgan fingerprint density at radius 1 is 0.917 bits per heavy atom. The van der Waals surface area contributed by atoms with Crippen LogP contribution in [0.25, 0.3) is 10.8 Å². The van der Waals surface area contributed by atoms with Gasteiger partial charge in [0, 0.05) is 17.1 Å². The van der Waals surface area contributed by atoms with Gasteiger partial charge in [-0.2, -0.15) is 0 Å². The van der Waals surface area contributed by atoms with E-state index >= 15 is 0 Å². The van der Waals surface area contributed by atoms with Gasteiger partial charge < -0.3 is 16.4 Å². The quantitative estimate of drug-likeness (QED) is 0.668. The van der Waals surface area contributed by atoms with Gasteiger partial charge in [0.15, 0.2) is 11.6 Å². The van der Waals surface area contributed by atoms with Crippen molar-refractivity contribution in [1.29, 1.82) is 0 Å². The highest BCUT2D eigenvalue weighted by molar-refractivity contribution is 5.96. The Morgan fingerprint density at radius 2 is 1.67 bits per heavy atom. The van der Waals surface area contributed by atoms with Crippen LogP contribution in [0.15, 0.2) is 48.8 Å². The highest BCUT2D eigenvalue weighted by Gasteiger charge is 2.17. The van der Waals surface area contributed by atoms with Gasteiger partial charge in [-0.25, -0.2) is 9.97 Å². The second-order valence-corrected chi connectivity index (χ2v) is 6.26. The molecule has 0 unspecified atom stereocenters. The molecule has 1 aromatic heterocycles. The number of nitrogens with zero attached hydrogens (tertiary/aromatic N) is 2. The fourth-order valence-corrected chi connectivity index (χ4v) is 3.34. The number of hydrogen-bond acceptors (Lipinski definition) is 5. The predicted molar refractivity (Wildman–Crippen MR) is 99.6 cm³/mol. The van der Waals surface area contributed by atoms with E-state index in [-0.39, 0.29) is 0 Å². The van der Waals surface area contributed by atoms with Crippen LogP contribution in [0.2, 0.25) is 0 Å². The van der Waals surface area contributed by atoms with E-state index in [1.165, 1.54) is 31.1 Å². The molecule has 4 N–H and O–H groups in total. The van der Waals surface area contributed by atoms with E-state index in [0.29, 0.717) is 17.5 Å². The number of rotatable bonds is 4. The molecule has 0 saturated heterocycles. The zero-order chi connectivity index (χ0) is 16.4. The van der Waals surface area contributed by atoms with Crippen LogP contribution < -0.4 is 16.4 Å². The molecule has 0 atom stereocenters. The van der Waals surface area contributed by atoms with Crippen molar-refractivity contribution >= 4 is 33.8 Å². The highest BCUT2D eigenvalue weighted by Crippen LogP contribution is 2.31. The summed E-state index contributed by atoms with van der Waals surface area (Å²) in [6, 6.07) is 14.9. The van der Waals surface area contributed by atoms with Gasteiger partial charge in [-0.1, -0.05) is 49.2 Å². The summed E-state index contributed by atoms with van der Waals surface area (Å²) in [4.78, 5) is 8.65. The summed E-state index contributed by atoms with van der Waals surface area (Å²) < 4.78 is 0. The number of aromatic nitrogens is 2. The minimum absolute atomic E-state index is 0.465. The van der Waals surface area contributed by atoms with Crippen LogP contribution in [-0.2, 0) is 0 Å². The summed E-state index contributed by atoms with van der Waals surface area (Å²) in [7, 11) is 0. The largest absolute Gasteiger partial charge is 0.393 e. The van der Waals surface area contributed by atoms with Crippen molar-refractivity contribution in [3.8, 4) is 0 Å². The molecule has 122 valence electrons. The van der Waals surface area contributed by atoms with E-state index in [4.69, 9.17) is 5.73 Å². The van der Waals surface area contributed by atoms with Crippen LogP contribution in [0.1, 0.15) is 25.7 Å². The van der Waals surface area contributed by atoms with Crippen LogP contribution in [0, 0.1) is 0 Å². The fourth-order valence-electron chi connectivity index (χ4n) is 3.34. The summed E-state index contributed by atoms with van der Waals surface area (Å²) >= 11 is 0. The van der Waals surface area contributed by atoms with Crippen molar-refractivity contribution in [3.63, 3.8) is 0 Å². The van der Waals surface area contributed by atoms with Gasteiger partial charge in [-0.15, -0.1) is 0 Å². The second kappa shape index (κ2) is 6.35. The minimum atomic E-state index is 0.465. The molecule has 1 aliphatic rings. The normalized spacial score (nSPS) is 14.8. The van der Waals surface area contributed by atoms with Gasteiger partial charge in [-0.3, -0.25) is 0 Å². The Hall–Kier alpha value is -2.82.